The van der Waals surface area contributed by atoms with Crippen molar-refractivity contribution in [3.05, 3.63) is 58.8 Å². The van der Waals surface area contributed by atoms with Gasteiger partial charge in [0.1, 0.15) is 5.69 Å². The van der Waals surface area contributed by atoms with Crippen LogP contribution in [0.4, 0.5) is 13.2 Å². The Kier molecular flexibility index (Phi) is 4.99. The summed E-state index contributed by atoms with van der Waals surface area (Å²) in [4.78, 5) is 23.3. The quantitative estimate of drug-likeness (QED) is 0.627. The number of alkyl halides is 3. The van der Waals surface area contributed by atoms with Crippen LogP contribution in [0.3, 0.4) is 0 Å². The van der Waals surface area contributed by atoms with E-state index in [1.165, 1.54) is 0 Å². The predicted molar refractivity (Wildman–Crippen MR) is 104 cm³/mol. The molecular weight excluding hydrogens is 395 g/mol. The van der Waals surface area contributed by atoms with Crippen LogP contribution < -0.4 is 0 Å². The largest absolute Gasteiger partial charge is 0.433 e. The number of hydrogen-bond acceptors (Lipinski definition) is 4. The molecule has 158 valence electrons. The number of rotatable bonds is 3. The highest BCUT2D eigenvalue weighted by Gasteiger charge is 2.37. The fraction of sp³-hybridized carbons (Fsp3) is 0.429. The number of fused-ring (bicyclic) bond motifs is 1. The molecule has 1 atom stereocenters. The van der Waals surface area contributed by atoms with Crippen molar-refractivity contribution in [2.75, 3.05) is 6.54 Å². The van der Waals surface area contributed by atoms with Crippen LogP contribution in [-0.4, -0.2) is 36.9 Å². The monoisotopic (exact) mass is 417 g/mol. The number of carbonyl (C=O) groups is 1. The SMILES string of the molecule is Cc1ncccc1C(=O)N1CCC[C@@H]1c1cc2nc(C(C)C)cc(C(F)(F)F)n2n1. The van der Waals surface area contributed by atoms with Crippen LogP contribution >= 0.6 is 0 Å². The highest BCUT2D eigenvalue weighted by atomic mass is 19.4. The molecule has 1 aliphatic heterocycles. The van der Waals surface area contributed by atoms with Gasteiger partial charge in [-0.3, -0.25) is 9.78 Å². The molecule has 4 heterocycles. The third-order valence-corrected chi connectivity index (χ3v) is 5.44. The zero-order valence-electron chi connectivity index (χ0n) is 16.9. The van der Waals surface area contributed by atoms with Crippen LogP contribution in [0.15, 0.2) is 30.5 Å². The van der Waals surface area contributed by atoms with Crippen molar-refractivity contribution in [3.8, 4) is 0 Å². The highest BCUT2D eigenvalue weighted by Crippen LogP contribution is 2.35. The molecule has 0 spiro atoms. The minimum absolute atomic E-state index is 0.139. The second kappa shape index (κ2) is 7.37. The molecule has 9 heteroatoms. The van der Waals surface area contributed by atoms with E-state index in [4.69, 9.17) is 0 Å². The fourth-order valence-corrected chi connectivity index (χ4v) is 3.85. The summed E-state index contributed by atoms with van der Waals surface area (Å²) in [6.45, 7) is 5.87. The van der Waals surface area contributed by atoms with E-state index in [1.807, 2.05) is 0 Å². The van der Waals surface area contributed by atoms with Crippen LogP contribution in [0.25, 0.3) is 5.65 Å². The summed E-state index contributed by atoms with van der Waals surface area (Å²) in [5.74, 6) is -0.348. The zero-order chi connectivity index (χ0) is 21.6. The van der Waals surface area contributed by atoms with Crippen molar-refractivity contribution in [2.24, 2.45) is 0 Å². The Bertz CT molecular complexity index is 1110. The van der Waals surface area contributed by atoms with E-state index < -0.39 is 17.9 Å². The first-order valence-electron chi connectivity index (χ1n) is 9.87. The Morgan fingerprint density at radius 2 is 2.03 bits per heavy atom. The van der Waals surface area contributed by atoms with Gasteiger partial charge < -0.3 is 4.90 Å². The lowest BCUT2D eigenvalue weighted by atomic mass is 10.1. The molecule has 6 nitrogen and oxygen atoms in total. The van der Waals surface area contributed by atoms with E-state index in [-0.39, 0.29) is 17.5 Å². The maximum Gasteiger partial charge on any atom is 0.433 e. The van der Waals surface area contributed by atoms with Gasteiger partial charge in [0.15, 0.2) is 5.65 Å². The number of pyridine rings is 1. The lowest BCUT2D eigenvalue weighted by Gasteiger charge is -2.23. The Balaban J connectivity index is 1.77. The third kappa shape index (κ3) is 3.53. The first-order valence-corrected chi connectivity index (χ1v) is 9.87. The second-order valence-corrected chi connectivity index (χ2v) is 7.85. The highest BCUT2D eigenvalue weighted by molar-refractivity contribution is 5.95. The molecule has 1 fully saturated rings. The number of likely N-dealkylation sites (tertiary alicyclic amines) is 1. The molecule has 1 saturated heterocycles. The molecule has 4 rings (SSSR count). The molecule has 1 amide bonds. The number of aromatic nitrogens is 4. The van der Waals surface area contributed by atoms with E-state index in [0.717, 1.165) is 17.0 Å². The van der Waals surface area contributed by atoms with Gasteiger partial charge in [-0.05, 0) is 43.9 Å². The lowest BCUT2D eigenvalue weighted by Crippen LogP contribution is -2.31. The van der Waals surface area contributed by atoms with Gasteiger partial charge in [0.05, 0.1) is 17.3 Å². The zero-order valence-corrected chi connectivity index (χ0v) is 16.9. The van der Waals surface area contributed by atoms with Crippen LogP contribution in [0.2, 0.25) is 0 Å². The molecule has 0 aliphatic carbocycles. The maximum atomic E-state index is 13.7. The van der Waals surface area contributed by atoms with Gasteiger partial charge in [0.25, 0.3) is 5.91 Å². The second-order valence-electron chi connectivity index (χ2n) is 7.85. The summed E-state index contributed by atoms with van der Waals surface area (Å²) in [7, 11) is 0. The molecule has 3 aromatic rings. The number of nitrogens with zero attached hydrogens (tertiary/aromatic N) is 5. The molecule has 0 bridgehead atoms. The summed E-state index contributed by atoms with van der Waals surface area (Å²) in [5, 5.41) is 4.23. The summed E-state index contributed by atoms with van der Waals surface area (Å²) in [5.41, 5.74) is 1.16. The Hall–Kier alpha value is -2.97. The molecule has 0 unspecified atom stereocenters. The molecule has 1 aliphatic rings. The average molecular weight is 417 g/mol. The van der Waals surface area contributed by atoms with E-state index in [2.05, 4.69) is 15.1 Å². The molecule has 30 heavy (non-hydrogen) atoms. The first-order chi connectivity index (χ1) is 14.2. The molecule has 3 aromatic heterocycles. The van der Waals surface area contributed by atoms with Crippen molar-refractivity contribution in [1.82, 2.24) is 24.5 Å². The van der Waals surface area contributed by atoms with Crippen LogP contribution in [0, 0.1) is 6.92 Å². The number of hydrogen-bond donors (Lipinski definition) is 0. The van der Waals surface area contributed by atoms with E-state index in [9.17, 15) is 18.0 Å². The van der Waals surface area contributed by atoms with E-state index in [1.54, 1.807) is 50.1 Å². The molecule has 0 N–H and O–H groups in total. The molecule has 0 saturated carbocycles. The Morgan fingerprint density at radius 1 is 1.27 bits per heavy atom. The van der Waals surface area contributed by atoms with E-state index >= 15 is 0 Å². The smallest absolute Gasteiger partial charge is 0.330 e. The fourth-order valence-electron chi connectivity index (χ4n) is 3.85. The Morgan fingerprint density at radius 3 is 2.70 bits per heavy atom. The van der Waals surface area contributed by atoms with Crippen molar-refractivity contribution >= 4 is 11.6 Å². The Labute approximate surface area is 171 Å². The first kappa shape index (κ1) is 20.3. The molecular formula is C21H22F3N5O. The number of halogens is 3. The van der Waals surface area contributed by atoms with Crippen LogP contribution in [0.5, 0.6) is 0 Å². The number of aryl methyl sites for hydroxylation is 1. The van der Waals surface area contributed by atoms with Gasteiger partial charge in [-0.15, -0.1) is 0 Å². The summed E-state index contributed by atoms with van der Waals surface area (Å²) >= 11 is 0. The summed E-state index contributed by atoms with van der Waals surface area (Å²) < 4.78 is 41.8. The van der Waals surface area contributed by atoms with Crippen LogP contribution in [0.1, 0.15) is 71.8 Å². The van der Waals surface area contributed by atoms with Gasteiger partial charge in [-0.1, -0.05) is 13.8 Å². The van der Waals surface area contributed by atoms with Gasteiger partial charge in [-0.25, -0.2) is 9.50 Å². The van der Waals surface area contributed by atoms with E-state index in [0.29, 0.717) is 35.6 Å². The molecule has 0 aromatic carbocycles. The van der Waals surface area contributed by atoms with Crippen molar-refractivity contribution in [2.45, 2.75) is 51.7 Å². The normalized spacial score (nSPS) is 17.3. The summed E-state index contributed by atoms with van der Waals surface area (Å²) in [6, 6.07) is 5.62. The van der Waals surface area contributed by atoms with Gasteiger partial charge in [0.2, 0.25) is 0 Å². The third-order valence-electron chi connectivity index (χ3n) is 5.44. The molecule has 0 radical (unpaired) electrons. The van der Waals surface area contributed by atoms with Crippen LogP contribution in [-0.2, 0) is 6.18 Å². The predicted octanol–water partition coefficient (Wildman–Crippen LogP) is 4.55. The van der Waals surface area contributed by atoms with Crippen molar-refractivity contribution in [1.29, 1.82) is 0 Å². The number of amides is 1. The van der Waals surface area contributed by atoms with Crippen molar-refractivity contribution in [3.63, 3.8) is 0 Å². The van der Waals surface area contributed by atoms with Gasteiger partial charge in [-0.2, -0.15) is 18.3 Å². The van der Waals surface area contributed by atoms with Gasteiger partial charge in [0, 0.05) is 30.2 Å². The number of carbonyl (C=O) groups excluding carboxylic acids is 1. The average Bonchev–Trinajstić information content (AvgIpc) is 3.32. The summed E-state index contributed by atoms with van der Waals surface area (Å²) in [6.07, 6.45) is -1.56. The van der Waals surface area contributed by atoms with Gasteiger partial charge >= 0.3 is 6.18 Å². The standard InChI is InChI=1S/C21H22F3N5O/c1-12(2)15-10-18(21(22,23)24)29-19(26-15)11-16(27-29)17-7-5-9-28(17)20(30)14-6-4-8-25-13(14)3/h4,6,8,10-12,17H,5,7,9H2,1-3H3/t17-/m1/s1. The van der Waals surface area contributed by atoms with Crippen molar-refractivity contribution < 1.29 is 18.0 Å². The topological polar surface area (TPSA) is 63.4 Å². The minimum Gasteiger partial charge on any atom is -0.330 e. The maximum absolute atomic E-state index is 13.7. The lowest BCUT2D eigenvalue weighted by molar-refractivity contribution is -0.142. The minimum atomic E-state index is -4.56.